The second-order valence-electron chi connectivity index (χ2n) is 6.20. The molecule has 4 aromatic rings. The number of hydrogen-bond acceptors (Lipinski definition) is 7. The number of aromatic amines is 2. The lowest BCUT2D eigenvalue weighted by Crippen LogP contribution is -2.13. The molecular weight excluding hydrogens is 378 g/mol. The highest BCUT2D eigenvalue weighted by molar-refractivity contribution is 7.22. The molecule has 0 unspecified atom stereocenters. The molecule has 8 nitrogen and oxygen atoms in total. The molecule has 0 spiro atoms. The van der Waals surface area contributed by atoms with Crippen LogP contribution in [0.15, 0.2) is 35.3 Å². The van der Waals surface area contributed by atoms with E-state index in [1.165, 1.54) is 11.3 Å². The average molecular weight is 397 g/mol. The van der Waals surface area contributed by atoms with Gasteiger partial charge in [-0.05, 0) is 13.0 Å². The molecule has 0 bridgehead atoms. The summed E-state index contributed by atoms with van der Waals surface area (Å²) in [6, 6.07) is 7.42. The molecule has 3 N–H and O–H groups in total. The van der Waals surface area contributed by atoms with Crippen molar-refractivity contribution in [3.8, 4) is 21.9 Å². The maximum Gasteiger partial charge on any atom is 0.268 e. The molecule has 0 saturated carbocycles. The monoisotopic (exact) mass is 397 g/mol. The van der Waals surface area contributed by atoms with Gasteiger partial charge in [-0.25, -0.2) is 4.98 Å². The molecule has 144 valence electrons. The Hall–Kier alpha value is -3.33. The molecule has 9 heteroatoms. The number of nitrogens with one attached hydrogen (secondary N) is 3. The summed E-state index contributed by atoms with van der Waals surface area (Å²) in [5.74, 6) is 1.90. The van der Waals surface area contributed by atoms with E-state index in [4.69, 9.17) is 9.47 Å². The van der Waals surface area contributed by atoms with Crippen LogP contribution < -0.4 is 20.3 Å². The second kappa shape index (κ2) is 7.35. The Morgan fingerprint density at radius 1 is 1.14 bits per heavy atom. The van der Waals surface area contributed by atoms with Gasteiger partial charge in [0.2, 0.25) is 0 Å². The minimum atomic E-state index is -0.151. The van der Waals surface area contributed by atoms with E-state index in [1.807, 2.05) is 25.1 Å². The Labute approximate surface area is 164 Å². The van der Waals surface area contributed by atoms with Gasteiger partial charge in [-0.1, -0.05) is 0 Å². The zero-order valence-corrected chi connectivity index (χ0v) is 16.4. The van der Waals surface area contributed by atoms with Crippen LogP contribution in [0.4, 0.5) is 5.69 Å². The standard InChI is InChI=1S/C19H19N5O3S/c1-10-14(8-21-24-10)16-7-15-18(28-16)19(25)23-17(22-15)9-20-11-4-12(26-2)6-13(5-11)27-3/h4-8,20H,9H2,1-3H3,(H,21,24)(H,22,23,25). The number of thiophene rings is 1. The van der Waals surface area contributed by atoms with Crippen molar-refractivity contribution in [3.63, 3.8) is 0 Å². The van der Waals surface area contributed by atoms with Gasteiger partial charge >= 0.3 is 0 Å². The molecule has 0 aliphatic carbocycles. The normalized spacial score (nSPS) is 11.0. The van der Waals surface area contributed by atoms with E-state index >= 15 is 0 Å². The molecule has 3 aromatic heterocycles. The third-order valence-electron chi connectivity index (χ3n) is 4.34. The van der Waals surface area contributed by atoms with E-state index in [-0.39, 0.29) is 5.56 Å². The Morgan fingerprint density at radius 2 is 1.89 bits per heavy atom. The fourth-order valence-corrected chi connectivity index (χ4v) is 3.96. The largest absolute Gasteiger partial charge is 0.497 e. The van der Waals surface area contributed by atoms with E-state index in [2.05, 4.69) is 25.5 Å². The number of H-pyrrole nitrogens is 2. The van der Waals surface area contributed by atoms with Crippen LogP contribution in [0, 0.1) is 6.92 Å². The molecule has 0 saturated heterocycles. The van der Waals surface area contributed by atoms with E-state index < -0.39 is 0 Å². The number of benzene rings is 1. The fourth-order valence-electron chi connectivity index (χ4n) is 2.90. The summed E-state index contributed by atoms with van der Waals surface area (Å²) in [6.07, 6.45) is 1.76. The Morgan fingerprint density at radius 3 is 2.54 bits per heavy atom. The maximum atomic E-state index is 12.5. The van der Waals surface area contributed by atoms with Crippen LogP contribution in [0.3, 0.4) is 0 Å². The summed E-state index contributed by atoms with van der Waals surface area (Å²) < 4.78 is 11.1. The van der Waals surface area contributed by atoms with Crippen LogP contribution >= 0.6 is 11.3 Å². The zero-order valence-electron chi connectivity index (χ0n) is 15.6. The van der Waals surface area contributed by atoms with Crippen molar-refractivity contribution in [2.24, 2.45) is 0 Å². The van der Waals surface area contributed by atoms with Crippen LogP contribution in [0.25, 0.3) is 20.7 Å². The Balaban J connectivity index is 1.61. The molecule has 0 radical (unpaired) electrons. The number of hydrogen-bond donors (Lipinski definition) is 3. The van der Waals surface area contributed by atoms with E-state index in [0.29, 0.717) is 34.1 Å². The number of fused-ring (bicyclic) bond motifs is 1. The van der Waals surface area contributed by atoms with E-state index in [0.717, 1.165) is 21.8 Å². The summed E-state index contributed by atoms with van der Waals surface area (Å²) in [7, 11) is 3.20. The Bertz CT molecular complexity index is 1170. The SMILES string of the molecule is COc1cc(NCc2nc3cc(-c4cn[nH]c4C)sc3c(=O)[nH]2)cc(OC)c1. The first-order chi connectivity index (χ1) is 13.6. The number of rotatable bonds is 6. The lowest BCUT2D eigenvalue weighted by molar-refractivity contribution is 0.394. The number of aromatic nitrogens is 4. The van der Waals surface area contributed by atoms with Gasteiger partial charge in [-0.15, -0.1) is 11.3 Å². The topological polar surface area (TPSA) is 105 Å². The van der Waals surface area contributed by atoms with E-state index in [1.54, 1.807) is 26.5 Å². The molecule has 28 heavy (non-hydrogen) atoms. The summed E-state index contributed by atoms with van der Waals surface area (Å²) >= 11 is 1.41. The van der Waals surface area contributed by atoms with Crippen molar-refractivity contribution in [2.75, 3.05) is 19.5 Å². The van der Waals surface area contributed by atoms with Gasteiger partial charge in [0.25, 0.3) is 5.56 Å². The van der Waals surface area contributed by atoms with Crippen LogP contribution in [-0.2, 0) is 6.54 Å². The molecule has 0 fully saturated rings. The van der Waals surface area contributed by atoms with Crippen LogP contribution in [0.2, 0.25) is 0 Å². The van der Waals surface area contributed by atoms with Crippen molar-refractivity contribution in [2.45, 2.75) is 13.5 Å². The number of ether oxygens (including phenoxy) is 2. The molecule has 4 rings (SSSR count). The van der Waals surface area contributed by atoms with Crippen LogP contribution in [-0.4, -0.2) is 34.4 Å². The number of aryl methyl sites for hydroxylation is 1. The highest BCUT2D eigenvalue weighted by Crippen LogP contribution is 2.32. The number of methoxy groups -OCH3 is 2. The van der Waals surface area contributed by atoms with Crippen molar-refractivity contribution >= 4 is 27.2 Å². The van der Waals surface area contributed by atoms with Gasteiger partial charge < -0.3 is 19.8 Å². The smallest absolute Gasteiger partial charge is 0.268 e. The van der Waals surface area contributed by atoms with E-state index in [9.17, 15) is 4.79 Å². The van der Waals surface area contributed by atoms with Gasteiger partial charge in [-0.3, -0.25) is 9.89 Å². The fraction of sp³-hybridized carbons (Fsp3) is 0.211. The first-order valence-electron chi connectivity index (χ1n) is 8.57. The summed E-state index contributed by atoms with van der Waals surface area (Å²) in [6.45, 7) is 2.31. The minimum absolute atomic E-state index is 0.151. The quantitative estimate of drug-likeness (QED) is 0.461. The van der Waals surface area contributed by atoms with Gasteiger partial charge in [0.1, 0.15) is 22.0 Å². The summed E-state index contributed by atoms with van der Waals surface area (Å²) in [5, 5.41) is 10.2. The zero-order chi connectivity index (χ0) is 19.7. The molecule has 1 aromatic carbocycles. The van der Waals surface area contributed by atoms with Crippen molar-refractivity contribution < 1.29 is 9.47 Å². The molecule has 0 atom stereocenters. The first kappa shape index (κ1) is 18.1. The highest BCUT2D eigenvalue weighted by Gasteiger charge is 2.13. The van der Waals surface area contributed by atoms with Crippen molar-refractivity contribution in [1.82, 2.24) is 20.2 Å². The number of anilines is 1. The predicted octanol–water partition coefficient (Wildman–Crippen LogP) is 3.31. The van der Waals surface area contributed by atoms with Crippen molar-refractivity contribution in [1.29, 1.82) is 0 Å². The Kier molecular flexibility index (Phi) is 4.74. The lowest BCUT2D eigenvalue weighted by Gasteiger charge is -2.10. The molecule has 0 amide bonds. The predicted molar refractivity (Wildman–Crippen MR) is 109 cm³/mol. The first-order valence-corrected chi connectivity index (χ1v) is 9.39. The third kappa shape index (κ3) is 3.44. The van der Waals surface area contributed by atoms with Crippen molar-refractivity contribution in [3.05, 3.63) is 52.3 Å². The van der Waals surface area contributed by atoms with Gasteiger partial charge in [0, 0.05) is 40.0 Å². The lowest BCUT2D eigenvalue weighted by atomic mass is 10.2. The summed E-state index contributed by atoms with van der Waals surface area (Å²) in [5.41, 5.74) is 3.26. The minimum Gasteiger partial charge on any atom is -0.497 e. The maximum absolute atomic E-state index is 12.5. The molecular formula is C19H19N5O3S. The third-order valence-corrected chi connectivity index (χ3v) is 5.50. The van der Waals surface area contributed by atoms with Gasteiger partial charge in [-0.2, -0.15) is 5.10 Å². The molecule has 3 heterocycles. The molecule has 0 aliphatic heterocycles. The second-order valence-corrected chi connectivity index (χ2v) is 7.25. The highest BCUT2D eigenvalue weighted by atomic mass is 32.1. The van der Waals surface area contributed by atoms with Gasteiger partial charge in [0.05, 0.1) is 32.5 Å². The van der Waals surface area contributed by atoms with Gasteiger partial charge in [0.15, 0.2) is 0 Å². The van der Waals surface area contributed by atoms with Crippen LogP contribution in [0.1, 0.15) is 11.5 Å². The molecule has 0 aliphatic rings. The average Bonchev–Trinajstić information content (AvgIpc) is 3.32. The van der Waals surface area contributed by atoms with Crippen LogP contribution in [0.5, 0.6) is 11.5 Å². The summed E-state index contributed by atoms with van der Waals surface area (Å²) in [4.78, 5) is 20.9. The number of nitrogens with zero attached hydrogens (tertiary/aromatic N) is 2.